The zero-order chi connectivity index (χ0) is 13.1. The van der Waals surface area contributed by atoms with Crippen LogP contribution in [0, 0.1) is 0 Å². The molecule has 1 aliphatic rings. The summed E-state index contributed by atoms with van der Waals surface area (Å²) in [6, 6.07) is 5.42. The van der Waals surface area contributed by atoms with Crippen LogP contribution in [-0.4, -0.2) is 24.3 Å². The molecule has 0 saturated heterocycles. The zero-order valence-electron chi connectivity index (χ0n) is 10.7. The molecule has 0 saturated carbocycles. The molecule has 0 aromatic heterocycles. The zero-order valence-corrected chi connectivity index (χ0v) is 10.7. The summed E-state index contributed by atoms with van der Waals surface area (Å²) >= 11 is 0. The average molecular weight is 247 g/mol. The first-order chi connectivity index (χ1) is 8.63. The molecule has 1 unspecified atom stereocenters. The number of ether oxygens (including phenoxy) is 1. The van der Waals surface area contributed by atoms with Crippen LogP contribution in [0.15, 0.2) is 18.2 Å². The molecule has 0 aliphatic heterocycles. The van der Waals surface area contributed by atoms with Gasteiger partial charge in [0.1, 0.15) is 5.75 Å². The van der Waals surface area contributed by atoms with Crippen molar-refractivity contribution in [1.29, 1.82) is 0 Å². The number of fused-ring (bicyclic) bond motifs is 1. The normalized spacial score (nSPS) is 15.1. The summed E-state index contributed by atoms with van der Waals surface area (Å²) in [4.78, 5) is 23.2. The molecule has 1 aromatic carbocycles. The minimum Gasteiger partial charge on any atom is -0.481 e. The first-order valence-corrected chi connectivity index (χ1v) is 6.23. The van der Waals surface area contributed by atoms with Gasteiger partial charge in [0.15, 0.2) is 11.9 Å². The molecule has 1 amide bonds. The van der Waals surface area contributed by atoms with Crippen LogP contribution in [0.25, 0.3) is 0 Å². The van der Waals surface area contributed by atoms with Gasteiger partial charge in [0.25, 0.3) is 5.91 Å². The molecule has 4 nitrogen and oxygen atoms in total. The molecule has 4 heteroatoms. The number of carbonyl (C=O) groups excluding carboxylic acids is 2. The maximum Gasteiger partial charge on any atom is 0.260 e. The fraction of sp³-hybridized carbons (Fsp3) is 0.429. The Hall–Kier alpha value is -1.84. The molecule has 0 radical (unpaired) electrons. The van der Waals surface area contributed by atoms with E-state index in [0.29, 0.717) is 25.1 Å². The highest BCUT2D eigenvalue weighted by molar-refractivity contribution is 6.01. The lowest BCUT2D eigenvalue weighted by Crippen LogP contribution is -2.36. The lowest BCUT2D eigenvalue weighted by atomic mass is 10.1. The van der Waals surface area contributed by atoms with Crippen molar-refractivity contribution < 1.29 is 14.3 Å². The minimum atomic E-state index is -0.549. The maximum atomic E-state index is 11.6. The van der Waals surface area contributed by atoms with E-state index >= 15 is 0 Å². The number of carbonyl (C=O) groups is 2. The second kappa shape index (κ2) is 5.21. The van der Waals surface area contributed by atoms with Gasteiger partial charge >= 0.3 is 0 Å². The Labute approximate surface area is 106 Å². The van der Waals surface area contributed by atoms with E-state index in [4.69, 9.17) is 4.74 Å². The summed E-state index contributed by atoms with van der Waals surface area (Å²) < 4.78 is 5.66. The third kappa shape index (κ3) is 2.37. The Morgan fingerprint density at radius 3 is 2.94 bits per heavy atom. The third-order valence-electron chi connectivity index (χ3n) is 3.06. The number of ketones is 1. The van der Waals surface area contributed by atoms with Crippen molar-refractivity contribution in [1.82, 2.24) is 5.32 Å². The number of nitrogens with one attached hydrogen (secondary N) is 1. The van der Waals surface area contributed by atoms with E-state index in [9.17, 15) is 9.59 Å². The second-order valence-electron chi connectivity index (χ2n) is 4.36. The van der Waals surface area contributed by atoms with Gasteiger partial charge in [-0.25, -0.2) is 0 Å². The molecule has 1 aliphatic carbocycles. The highest BCUT2D eigenvalue weighted by Crippen LogP contribution is 2.30. The van der Waals surface area contributed by atoms with Gasteiger partial charge in [-0.1, -0.05) is 12.1 Å². The number of Topliss-reactive ketones (excluding diaryl/α,β-unsaturated/α-hetero) is 1. The highest BCUT2D eigenvalue weighted by atomic mass is 16.5. The summed E-state index contributed by atoms with van der Waals surface area (Å²) in [6.07, 6.45) is 0.685. The van der Waals surface area contributed by atoms with Gasteiger partial charge in [-0.05, 0) is 26.3 Å². The van der Waals surface area contributed by atoms with Crippen molar-refractivity contribution >= 4 is 11.7 Å². The summed E-state index contributed by atoms with van der Waals surface area (Å²) in [6.45, 7) is 4.16. The Morgan fingerprint density at radius 1 is 1.44 bits per heavy atom. The summed E-state index contributed by atoms with van der Waals surface area (Å²) in [5.74, 6) is 0.664. The quantitative estimate of drug-likeness (QED) is 0.881. The molecule has 18 heavy (non-hydrogen) atoms. The second-order valence-corrected chi connectivity index (χ2v) is 4.36. The van der Waals surface area contributed by atoms with Crippen molar-refractivity contribution in [2.45, 2.75) is 32.8 Å². The smallest absolute Gasteiger partial charge is 0.260 e. The number of rotatable bonds is 4. The van der Waals surface area contributed by atoms with Gasteiger partial charge in [-0.2, -0.15) is 0 Å². The Bertz CT molecular complexity index is 482. The predicted octanol–water partition coefficient (Wildman–Crippen LogP) is 1.72. The molecule has 96 valence electrons. The van der Waals surface area contributed by atoms with E-state index in [1.165, 1.54) is 0 Å². The lowest BCUT2D eigenvalue weighted by molar-refractivity contribution is -0.127. The summed E-state index contributed by atoms with van der Waals surface area (Å²) in [5, 5.41) is 2.71. The van der Waals surface area contributed by atoms with Gasteiger partial charge in [0.05, 0.1) is 0 Å². The highest BCUT2D eigenvalue weighted by Gasteiger charge is 2.24. The van der Waals surface area contributed by atoms with Crippen LogP contribution >= 0.6 is 0 Å². The van der Waals surface area contributed by atoms with Crippen LogP contribution in [-0.2, 0) is 11.2 Å². The van der Waals surface area contributed by atoms with Gasteiger partial charge in [0.2, 0.25) is 0 Å². The molecule has 1 atom stereocenters. The number of hydrogen-bond acceptors (Lipinski definition) is 3. The molecule has 1 aromatic rings. The Morgan fingerprint density at radius 2 is 2.22 bits per heavy atom. The Kier molecular flexibility index (Phi) is 3.65. The number of likely N-dealkylation sites (N-methyl/N-ethyl adjacent to an activating group) is 1. The van der Waals surface area contributed by atoms with E-state index in [1.54, 1.807) is 13.0 Å². The molecule has 0 spiro atoms. The van der Waals surface area contributed by atoms with Gasteiger partial charge in [0, 0.05) is 24.1 Å². The van der Waals surface area contributed by atoms with Crippen LogP contribution in [0.4, 0.5) is 0 Å². The van der Waals surface area contributed by atoms with Crippen LogP contribution in [0.1, 0.15) is 36.2 Å². The third-order valence-corrected chi connectivity index (χ3v) is 3.06. The number of benzene rings is 1. The van der Waals surface area contributed by atoms with E-state index in [-0.39, 0.29) is 11.7 Å². The average Bonchev–Trinajstić information content (AvgIpc) is 2.73. The van der Waals surface area contributed by atoms with Crippen molar-refractivity contribution in [2.24, 2.45) is 0 Å². The van der Waals surface area contributed by atoms with E-state index in [1.807, 2.05) is 19.1 Å². The fourth-order valence-corrected chi connectivity index (χ4v) is 2.13. The molecule has 0 bridgehead atoms. The lowest BCUT2D eigenvalue weighted by Gasteiger charge is -2.16. The van der Waals surface area contributed by atoms with Crippen LogP contribution in [0.2, 0.25) is 0 Å². The summed E-state index contributed by atoms with van der Waals surface area (Å²) in [5.41, 5.74) is 1.66. The van der Waals surface area contributed by atoms with Gasteiger partial charge < -0.3 is 10.1 Å². The van der Waals surface area contributed by atoms with Crippen molar-refractivity contribution in [3.8, 4) is 5.75 Å². The summed E-state index contributed by atoms with van der Waals surface area (Å²) in [7, 11) is 0. The monoisotopic (exact) mass is 247 g/mol. The van der Waals surface area contributed by atoms with E-state index < -0.39 is 6.10 Å². The predicted molar refractivity (Wildman–Crippen MR) is 67.9 cm³/mol. The molecular weight excluding hydrogens is 230 g/mol. The molecular formula is C14H17NO3. The Balaban J connectivity index is 2.16. The first-order valence-electron chi connectivity index (χ1n) is 6.23. The van der Waals surface area contributed by atoms with Gasteiger partial charge in [-0.3, -0.25) is 9.59 Å². The molecule has 2 rings (SSSR count). The van der Waals surface area contributed by atoms with Crippen molar-refractivity contribution in [3.63, 3.8) is 0 Å². The van der Waals surface area contributed by atoms with E-state index in [2.05, 4.69) is 5.32 Å². The first kappa shape index (κ1) is 12.6. The largest absolute Gasteiger partial charge is 0.481 e. The topological polar surface area (TPSA) is 55.4 Å². The van der Waals surface area contributed by atoms with Crippen molar-refractivity contribution in [2.75, 3.05) is 6.54 Å². The SMILES string of the molecule is CCNC(=O)C(C)Oc1cccc2c1CCC2=O. The fourth-order valence-electron chi connectivity index (χ4n) is 2.13. The standard InChI is InChI=1S/C14H17NO3/c1-3-15-14(17)9(2)18-13-6-4-5-10-11(13)7-8-12(10)16/h4-6,9H,3,7-8H2,1-2H3,(H,15,17). The van der Waals surface area contributed by atoms with Crippen LogP contribution in [0.5, 0.6) is 5.75 Å². The molecule has 0 fully saturated rings. The van der Waals surface area contributed by atoms with Crippen LogP contribution in [0.3, 0.4) is 0 Å². The number of amides is 1. The molecule has 0 heterocycles. The van der Waals surface area contributed by atoms with E-state index in [0.717, 1.165) is 11.1 Å². The van der Waals surface area contributed by atoms with Crippen molar-refractivity contribution in [3.05, 3.63) is 29.3 Å². The van der Waals surface area contributed by atoms with Gasteiger partial charge in [-0.15, -0.1) is 0 Å². The maximum absolute atomic E-state index is 11.6. The molecule has 1 N–H and O–H groups in total. The van der Waals surface area contributed by atoms with Crippen LogP contribution < -0.4 is 10.1 Å². The minimum absolute atomic E-state index is 0.139. The number of hydrogen-bond donors (Lipinski definition) is 1.